The smallest absolute Gasteiger partial charge is 0.251 e. The monoisotopic (exact) mass is 491 g/mol. The molecule has 1 atom stereocenters. The Labute approximate surface area is 196 Å². The van der Waals surface area contributed by atoms with Gasteiger partial charge in [-0.05, 0) is 30.3 Å². The molecule has 0 saturated carbocycles. The first kappa shape index (κ1) is 22.1. The fourth-order valence-electron chi connectivity index (χ4n) is 4.38. The standard InChI is InChI=1S/C22H22ClN3O6S/c23-15-2-1-3-16(12-15)26-21(27)14-18(22(26)28)24-6-8-25(9-7-24)33(29,30)17-4-5-19-20(13-17)32-11-10-31-19/h1-5,12-13,18H,6-11,14H2/t18-/m0/s1. The van der Waals surface area contributed by atoms with Gasteiger partial charge in [0.25, 0.3) is 5.91 Å². The van der Waals surface area contributed by atoms with Crippen LogP contribution in [0.15, 0.2) is 47.4 Å². The van der Waals surface area contributed by atoms with Crippen LogP contribution in [0.1, 0.15) is 6.42 Å². The molecule has 0 unspecified atom stereocenters. The topological polar surface area (TPSA) is 96.5 Å². The first-order valence-corrected chi connectivity index (χ1v) is 12.4. The molecule has 2 fully saturated rings. The third kappa shape index (κ3) is 4.08. The highest BCUT2D eigenvalue weighted by atomic mass is 35.5. The number of carbonyl (C=O) groups excluding carboxylic acids is 2. The number of nitrogens with zero attached hydrogens (tertiary/aromatic N) is 3. The molecule has 3 heterocycles. The minimum absolute atomic E-state index is 0.0558. The van der Waals surface area contributed by atoms with E-state index >= 15 is 0 Å². The number of fused-ring (bicyclic) bond motifs is 1. The molecule has 2 aromatic carbocycles. The lowest BCUT2D eigenvalue weighted by molar-refractivity contribution is -0.123. The molecule has 2 saturated heterocycles. The number of anilines is 1. The molecule has 0 N–H and O–H groups in total. The summed E-state index contributed by atoms with van der Waals surface area (Å²) in [5, 5.41) is 0.439. The first-order chi connectivity index (χ1) is 15.8. The van der Waals surface area contributed by atoms with Crippen LogP contribution in [-0.4, -0.2) is 74.9 Å². The van der Waals surface area contributed by atoms with Crippen molar-refractivity contribution in [1.29, 1.82) is 0 Å². The number of amides is 2. The predicted octanol–water partition coefficient (Wildman–Crippen LogP) is 1.75. The zero-order valence-corrected chi connectivity index (χ0v) is 19.2. The van der Waals surface area contributed by atoms with E-state index in [0.717, 1.165) is 4.90 Å². The van der Waals surface area contributed by atoms with Crippen LogP contribution in [0.4, 0.5) is 5.69 Å². The van der Waals surface area contributed by atoms with Crippen LogP contribution in [-0.2, 0) is 19.6 Å². The summed E-state index contributed by atoms with van der Waals surface area (Å²) in [6.45, 7) is 1.92. The molecule has 33 heavy (non-hydrogen) atoms. The Morgan fingerprint density at radius 3 is 2.36 bits per heavy atom. The van der Waals surface area contributed by atoms with Crippen LogP contribution < -0.4 is 14.4 Å². The summed E-state index contributed by atoms with van der Waals surface area (Å²) in [5.74, 6) is 0.333. The lowest BCUT2D eigenvalue weighted by atomic mass is 10.2. The second kappa shape index (κ2) is 8.60. The van der Waals surface area contributed by atoms with Gasteiger partial charge in [-0.25, -0.2) is 13.3 Å². The average Bonchev–Trinajstić information content (AvgIpc) is 3.12. The maximum absolute atomic E-state index is 13.2. The van der Waals surface area contributed by atoms with E-state index < -0.39 is 16.1 Å². The molecule has 0 radical (unpaired) electrons. The first-order valence-electron chi connectivity index (χ1n) is 10.6. The number of benzene rings is 2. The maximum Gasteiger partial charge on any atom is 0.251 e. The molecule has 3 aliphatic heterocycles. The number of hydrogen-bond donors (Lipinski definition) is 0. The van der Waals surface area contributed by atoms with E-state index in [-0.39, 0.29) is 36.2 Å². The van der Waals surface area contributed by atoms with E-state index in [0.29, 0.717) is 48.5 Å². The number of piperazine rings is 1. The number of sulfonamides is 1. The zero-order valence-electron chi connectivity index (χ0n) is 17.6. The number of carbonyl (C=O) groups is 2. The Kier molecular flexibility index (Phi) is 5.77. The van der Waals surface area contributed by atoms with Gasteiger partial charge < -0.3 is 9.47 Å². The van der Waals surface area contributed by atoms with E-state index in [1.807, 2.05) is 4.90 Å². The van der Waals surface area contributed by atoms with E-state index in [1.165, 1.54) is 16.4 Å². The Balaban J connectivity index is 1.27. The molecule has 0 spiro atoms. The largest absolute Gasteiger partial charge is 0.486 e. The molecule has 3 aliphatic rings. The number of hydrogen-bond acceptors (Lipinski definition) is 7. The molecule has 2 aromatic rings. The quantitative estimate of drug-likeness (QED) is 0.601. The maximum atomic E-state index is 13.2. The minimum atomic E-state index is -3.73. The molecule has 9 nitrogen and oxygen atoms in total. The van der Waals surface area contributed by atoms with Crippen LogP contribution in [0, 0.1) is 0 Å². The second-order valence-corrected chi connectivity index (χ2v) is 10.4. The van der Waals surface area contributed by atoms with Gasteiger partial charge in [0.1, 0.15) is 13.2 Å². The molecular formula is C22H22ClN3O6S. The molecule has 0 aromatic heterocycles. The minimum Gasteiger partial charge on any atom is -0.486 e. The normalized spacial score (nSPS) is 22.1. The van der Waals surface area contributed by atoms with Crippen LogP contribution in [0.2, 0.25) is 5.02 Å². The molecule has 0 aliphatic carbocycles. The fraction of sp³-hybridized carbons (Fsp3) is 0.364. The molecule has 2 amide bonds. The van der Waals surface area contributed by atoms with Crippen LogP contribution >= 0.6 is 11.6 Å². The second-order valence-electron chi connectivity index (χ2n) is 8.01. The van der Waals surface area contributed by atoms with Crippen molar-refractivity contribution in [3.8, 4) is 11.5 Å². The highest BCUT2D eigenvalue weighted by Crippen LogP contribution is 2.34. The van der Waals surface area contributed by atoms with Crippen LogP contribution in [0.25, 0.3) is 0 Å². The molecule has 0 bridgehead atoms. The van der Waals surface area contributed by atoms with Gasteiger partial charge in [0, 0.05) is 37.3 Å². The van der Waals surface area contributed by atoms with Crippen molar-refractivity contribution >= 4 is 39.1 Å². The average molecular weight is 492 g/mol. The summed E-state index contributed by atoms with van der Waals surface area (Å²) >= 11 is 6.02. The summed E-state index contributed by atoms with van der Waals surface area (Å²) in [4.78, 5) is 28.8. The van der Waals surface area contributed by atoms with Gasteiger partial charge in [-0.1, -0.05) is 17.7 Å². The molecule has 5 rings (SSSR count). The van der Waals surface area contributed by atoms with Gasteiger partial charge >= 0.3 is 0 Å². The van der Waals surface area contributed by atoms with Crippen molar-refractivity contribution in [2.24, 2.45) is 0 Å². The van der Waals surface area contributed by atoms with Crippen molar-refractivity contribution in [3.05, 3.63) is 47.5 Å². The highest BCUT2D eigenvalue weighted by Gasteiger charge is 2.44. The van der Waals surface area contributed by atoms with Gasteiger partial charge in [-0.2, -0.15) is 4.31 Å². The lowest BCUT2D eigenvalue weighted by Gasteiger charge is -2.36. The number of halogens is 1. The summed E-state index contributed by atoms with van der Waals surface area (Å²) in [5.41, 5.74) is 0.444. The zero-order chi connectivity index (χ0) is 23.2. The fourth-order valence-corrected chi connectivity index (χ4v) is 6.00. The molecule has 11 heteroatoms. The van der Waals surface area contributed by atoms with Crippen LogP contribution in [0.5, 0.6) is 11.5 Å². The number of ether oxygens (including phenoxy) is 2. The van der Waals surface area contributed by atoms with E-state index in [4.69, 9.17) is 21.1 Å². The van der Waals surface area contributed by atoms with Crippen molar-refractivity contribution in [3.63, 3.8) is 0 Å². The Morgan fingerprint density at radius 2 is 1.64 bits per heavy atom. The van der Waals surface area contributed by atoms with Gasteiger partial charge in [0.2, 0.25) is 15.9 Å². The Hall–Kier alpha value is -2.66. The van der Waals surface area contributed by atoms with Crippen molar-refractivity contribution in [2.45, 2.75) is 17.4 Å². The van der Waals surface area contributed by atoms with Gasteiger partial charge in [0.15, 0.2) is 11.5 Å². The molecule has 174 valence electrons. The predicted molar refractivity (Wildman–Crippen MR) is 120 cm³/mol. The lowest BCUT2D eigenvalue weighted by Crippen LogP contribution is -2.53. The summed E-state index contributed by atoms with van der Waals surface area (Å²) in [6.07, 6.45) is 0.0558. The van der Waals surface area contributed by atoms with Crippen LogP contribution in [0.3, 0.4) is 0 Å². The number of rotatable bonds is 4. The summed E-state index contributed by atoms with van der Waals surface area (Å²) in [6, 6.07) is 10.6. The van der Waals surface area contributed by atoms with E-state index in [2.05, 4.69) is 0 Å². The summed E-state index contributed by atoms with van der Waals surface area (Å²) < 4.78 is 38.7. The molecular weight excluding hydrogens is 470 g/mol. The Bertz CT molecular complexity index is 1210. The summed E-state index contributed by atoms with van der Waals surface area (Å²) in [7, 11) is -3.73. The van der Waals surface area contributed by atoms with Crippen molar-refractivity contribution in [2.75, 3.05) is 44.3 Å². The number of imide groups is 1. The third-order valence-corrected chi connectivity index (χ3v) is 8.18. The van der Waals surface area contributed by atoms with Gasteiger partial charge in [-0.15, -0.1) is 0 Å². The van der Waals surface area contributed by atoms with E-state index in [1.54, 1.807) is 30.3 Å². The Morgan fingerprint density at radius 1 is 0.909 bits per heavy atom. The van der Waals surface area contributed by atoms with Gasteiger partial charge in [-0.3, -0.25) is 14.5 Å². The van der Waals surface area contributed by atoms with E-state index in [9.17, 15) is 18.0 Å². The highest BCUT2D eigenvalue weighted by molar-refractivity contribution is 7.89. The van der Waals surface area contributed by atoms with Crippen molar-refractivity contribution in [1.82, 2.24) is 9.21 Å². The SMILES string of the molecule is O=C1C[C@H](N2CCN(S(=O)(=O)c3ccc4c(c3)OCCO4)CC2)C(=O)N1c1cccc(Cl)c1. The third-order valence-electron chi connectivity index (χ3n) is 6.05. The van der Waals surface area contributed by atoms with Crippen molar-refractivity contribution < 1.29 is 27.5 Å². The van der Waals surface area contributed by atoms with Gasteiger partial charge in [0.05, 0.1) is 23.0 Å².